The Labute approximate surface area is 166 Å². The van der Waals surface area contributed by atoms with E-state index in [1.165, 1.54) is 29.4 Å². The molecule has 0 saturated heterocycles. The van der Waals surface area contributed by atoms with Crippen LogP contribution in [0.5, 0.6) is 0 Å². The number of amides is 2. The summed E-state index contributed by atoms with van der Waals surface area (Å²) in [6, 6.07) is 16.5. The second-order valence-corrected chi connectivity index (χ2v) is 6.53. The maximum Gasteiger partial charge on any atom is 0.244 e. The summed E-state index contributed by atoms with van der Waals surface area (Å²) in [5.41, 5.74) is 0.720. The average Bonchev–Trinajstić information content (AvgIpc) is 3.18. The van der Waals surface area contributed by atoms with Crippen LogP contribution in [0.15, 0.2) is 71.3 Å². The number of nitrogens with one attached hydrogen (secondary N) is 1. The first-order valence-electron chi connectivity index (χ1n) is 8.61. The monoisotopic (exact) mass is 400 g/mol. The highest BCUT2D eigenvalue weighted by Gasteiger charge is 2.21. The molecule has 144 valence electrons. The summed E-state index contributed by atoms with van der Waals surface area (Å²) >= 11 is 6.03. The molecular formula is C21H18ClFN2O3. The van der Waals surface area contributed by atoms with Gasteiger partial charge in [-0.2, -0.15) is 0 Å². The molecule has 0 saturated carbocycles. The summed E-state index contributed by atoms with van der Waals surface area (Å²) in [6.45, 7) is -0.124. The Morgan fingerprint density at radius 3 is 2.50 bits per heavy atom. The van der Waals surface area contributed by atoms with Crippen molar-refractivity contribution in [2.24, 2.45) is 0 Å². The summed E-state index contributed by atoms with van der Waals surface area (Å²) in [4.78, 5) is 26.5. The summed E-state index contributed by atoms with van der Waals surface area (Å²) < 4.78 is 19.3. The quantitative estimate of drug-likeness (QED) is 0.643. The molecule has 0 atom stereocenters. The molecule has 3 rings (SSSR count). The van der Waals surface area contributed by atoms with Crippen LogP contribution in [0.25, 0.3) is 0 Å². The van der Waals surface area contributed by atoms with Crippen LogP contribution in [0.4, 0.5) is 10.1 Å². The molecule has 2 aromatic carbocycles. The molecule has 1 N–H and O–H groups in total. The first kappa shape index (κ1) is 19.6. The van der Waals surface area contributed by atoms with Gasteiger partial charge in [-0.25, -0.2) is 4.39 Å². The lowest BCUT2D eigenvalue weighted by molar-refractivity contribution is -0.135. The van der Waals surface area contributed by atoms with Gasteiger partial charge in [0.1, 0.15) is 18.1 Å². The van der Waals surface area contributed by atoms with Gasteiger partial charge < -0.3 is 14.6 Å². The standard InChI is InChI=1S/C21H18ClFN2O3/c22-18-9-4-10-19(23)17(18)12-21(27)25(13-16-8-5-11-28-16)14-20(26)24-15-6-2-1-3-7-15/h1-11H,12-14H2,(H,24,26). The molecule has 28 heavy (non-hydrogen) atoms. The Bertz CT molecular complexity index is 925. The Morgan fingerprint density at radius 2 is 1.82 bits per heavy atom. The number of anilines is 1. The van der Waals surface area contributed by atoms with Crippen molar-refractivity contribution in [3.8, 4) is 0 Å². The molecule has 0 aliphatic rings. The van der Waals surface area contributed by atoms with Crippen LogP contribution in [0.1, 0.15) is 11.3 Å². The lowest BCUT2D eigenvalue weighted by Gasteiger charge is -2.22. The fraction of sp³-hybridized carbons (Fsp3) is 0.143. The summed E-state index contributed by atoms with van der Waals surface area (Å²) in [5, 5.41) is 2.90. The SMILES string of the molecule is O=C(CN(Cc1ccco1)C(=O)Cc1c(F)cccc1Cl)Nc1ccccc1. The van der Waals surface area contributed by atoms with Crippen LogP contribution < -0.4 is 5.32 Å². The Morgan fingerprint density at radius 1 is 1.04 bits per heavy atom. The zero-order valence-electron chi connectivity index (χ0n) is 14.9. The number of para-hydroxylation sites is 1. The zero-order valence-corrected chi connectivity index (χ0v) is 15.7. The number of carbonyl (C=O) groups is 2. The number of carbonyl (C=O) groups excluding carboxylic acids is 2. The topological polar surface area (TPSA) is 62.6 Å². The second-order valence-electron chi connectivity index (χ2n) is 6.12. The van der Waals surface area contributed by atoms with Crippen molar-refractivity contribution in [3.63, 3.8) is 0 Å². The molecular weight excluding hydrogens is 383 g/mol. The van der Waals surface area contributed by atoms with E-state index in [1.807, 2.05) is 6.07 Å². The van der Waals surface area contributed by atoms with E-state index in [2.05, 4.69) is 5.32 Å². The number of hydrogen-bond acceptors (Lipinski definition) is 3. The van der Waals surface area contributed by atoms with E-state index in [0.29, 0.717) is 11.4 Å². The second kappa shape index (κ2) is 9.19. The predicted octanol–water partition coefficient (Wildman–Crippen LogP) is 4.28. The molecule has 0 unspecified atom stereocenters. The van der Waals surface area contributed by atoms with Gasteiger partial charge in [0.2, 0.25) is 11.8 Å². The molecule has 7 heteroatoms. The van der Waals surface area contributed by atoms with Gasteiger partial charge in [-0.05, 0) is 36.4 Å². The largest absolute Gasteiger partial charge is 0.467 e. The molecule has 0 bridgehead atoms. The summed E-state index contributed by atoms with van der Waals surface area (Å²) in [5.74, 6) is -0.856. The number of benzene rings is 2. The van der Waals surface area contributed by atoms with Gasteiger partial charge in [-0.3, -0.25) is 9.59 Å². The molecule has 0 fully saturated rings. The van der Waals surface area contributed by atoms with Crippen LogP contribution in [0.3, 0.4) is 0 Å². The zero-order chi connectivity index (χ0) is 19.9. The summed E-state index contributed by atoms with van der Waals surface area (Å²) in [6.07, 6.45) is 1.22. The minimum Gasteiger partial charge on any atom is -0.467 e. The number of hydrogen-bond donors (Lipinski definition) is 1. The molecule has 2 amide bonds. The lowest BCUT2D eigenvalue weighted by atomic mass is 10.1. The van der Waals surface area contributed by atoms with Crippen molar-refractivity contribution in [2.45, 2.75) is 13.0 Å². The van der Waals surface area contributed by atoms with E-state index in [4.69, 9.17) is 16.0 Å². The van der Waals surface area contributed by atoms with Gasteiger partial charge in [0.05, 0.1) is 19.2 Å². The van der Waals surface area contributed by atoms with Gasteiger partial charge >= 0.3 is 0 Å². The molecule has 5 nitrogen and oxygen atoms in total. The Hall–Kier alpha value is -3.12. The van der Waals surface area contributed by atoms with Crippen molar-refractivity contribution < 1.29 is 18.4 Å². The predicted molar refractivity (Wildman–Crippen MR) is 104 cm³/mol. The van der Waals surface area contributed by atoms with Crippen molar-refractivity contribution in [2.75, 3.05) is 11.9 Å². The van der Waals surface area contributed by atoms with Gasteiger partial charge in [-0.15, -0.1) is 0 Å². The van der Waals surface area contributed by atoms with Gasteiger partial charge in [0.25, 0.3) is 0 Å². The third-order valence-electron chi connectivity index (χ3n) is 4.06. The number of rotatable bonds is 7. The molecule has 3 aromatic rings. The number of halogens is 2. The van der Waals surface area contributed by atoms with Crippen molar-refractivity contribution in [3.05, 3.63) is 89.1 Å². The van der Waals surface area contributed by atoms with E-state index in [-0.39, 0.29) is 36.0 Å². The van der Waals surface area contributed by atoms with Crippen LogP contribution in [0.2, 0.25) is 5.02 Å². The molecule has 0 spiro atoms. The Kier molecular flexibility index (Phi) is 6.45. The average molecular weight is 401 g/mol. The fourth-order valence-corrected chi connectivity index (χ4v) is 2.91. The van der Waals surface area contributed by atoms with Crippen LogP contribution in [0, 0.1) is 5.82 Å². The molecule has 0 aliphatic carbocycles. The van der Waals surface area contributed by atoms with Crippen molar-refractivity contribution in [1.29, 1.82) is 0 Å². The third-order valence-corrected chi connectivity index (χ3v) is 4.42. The molecule has 0 radical (unpaired) electrons. The highest BCUT2D eigenvalue weighted by atomic mass is 35.5. The number of furan rings is 1. The smallest absolute Gasteiger partial charge is 0.244 e. The Balaban J connectivity index is 1.74. The van der Waals surface area contributed by atoms with Crippen LogP contribution in [-0.2, 0) is 22.6 Å². The normalized spacial score (nSPS) is 10.5. The van der Waals surface area contributed by atoms with Crippen molar-refractivity contribution >= 4 is 29.1 Å². The van der Waals surface area contributed by atoms with E-state index in [0.717, 1.165) is 0 Å². The van der Waals surface area contributed by atoms with Gasteiger partial charge in [0.15, 0.2) is 0 Å². The summed E-state index contributed by atoms with van der Waals surface area (Å²) in [7, 11) is 0. The maximum atomic E-state index is 14.0. The number of nitrogens with zero attached hydrogens (tertiary/aromatic N) is 1. The highest BCUT2D eigenvalue weighted by Crippen LogP contribution is 2.20. The van der Waals surface area contributed by atoms with E-state index in [9.17, 15) is 14.0 Å². The lowest BCUT2D eigenvalue weighted by Crippen LogP contribution is -2.38. The minimum atomic E-state index is -0.562. The molecule has 0 aliphatic heterocycles. The fourth-order valence-electron chi connectivity index (χ4n) is 2.68. The first-order valence-corrected chi connectivity index (χ1v) is 8.98. The van der Waals surface area contributed by atoms with Crippen LogP contribution in [-0.4, -0.2) is 23.3 Å². The van der Waals surface area contributed by atoms with Crippen LogP contribution >= 0.6 is 11.6 Å². The molecule has 1 heterocycles. The van der Waals surface area contributed by atoms with E-state index in [1.54, 1.807) is 36.4 Å². The van der Waals surface area contributed by atoms with Gasteiger partial charge in [0, 0.05) is 16.3 Å². The first-order chi connectivity index (χ1) is 13.5. The van der Waals surface area contributed by atoms with Gasteiger partial charge in [-0.1, -0.05) is 35.9 Å². The minimum absolute atomic E-state index is 0.0834. The maximum absolute atomic E-state index is 14.0. The molecule has 1 aromatic heterocycles. The van der Waals surface area contributed by atoms with E-state index >= 15 is 0 Å². The highest BCUT2D eigenvalue weighted by molar-refractivity contribution is 6.31. The van der Waals surface area contributed by atoms with E-state index < -0.39 is 11.7 Å². The third kappa shape index (κ3) is 5.20. The van der Waals surface area contributed by atoms with Crippen molar-refractivity contribution in [1.82, 2.24) is 4.90 Å².